The van der Waals surface area contributed by atoms with E-state index in [-0.39, 0.29) is 12.1 Å². The van der Waals surface area contributed by atoms with E-state index in [9.17, 15) is 0 Å². The summed E-state index contributed by atoms with van der Waals surface area (Å²) in [6, 6.07) is 25.6. The second-order valence-corrected chi connectivity index (χ2v) is 5.32. The number of benzene rings is 2. The molecule has 2 unspecified atom stereocenters. The van der Waals surface area contributed by atoms with Crippen molar-refractivity contribution in [2.45, 2.75) is 12.1 Å². The summed E-state index contributed by atoms with van der Waals surface area (Å²) in [6.07, 6.45) is 3.55. The molecule has 1 heterocycles. The van der Waals surface area contributed by atoms with Gasteiger partial charge in [0.2, 0.25) is 0 Å². The van der Waals surface area contributed by atoms with Crippen molar-refractivity contribution < 1.29 is 0 Å². The largest absolute Gasteiger partial charge is 0.322 e. The number of hydrogen-bond donors (Lipinski definition) is 1. The van der Waals surface area contributed by atoms with E-state index in [1.54, 1.807) is 12.4 Å². The lowest BCUT2D eigenvalue weighted by Gasteiger charge is -2.21. The minimum atomic E-state index is -0.210. The number of nitrogens with two attached hydrogens (primary N) is 1. The van der Waals surface area contributed by atoms with Gasteiger partial charge in [0.25, 0.3) is 0 Å². The summed E-state index contributed by atoms with van der Waals surface area (Å²) < 4.78 is 0. The number of aliphatic imine (C=N–C) groups is 1. The Hall–Kier alpha value is -2.78. The van der Waals surface area contributed by atoms with Gasteiger partial charge in [0.1, 0.15) is 0 Å². The third-order valence-corrected chi connectivity index (χ3v) is 3.72. The van der Waals surface area contributed by atoms with Crippen molar-refractivity contribution in [2.75, 3.05) is 0 Å². The second kappa shape index (κ2) is 7.47. The molecule has 0 aliphatic heterocycles. The maximum Gasteiger partial charge on any atom is 0.0942 e. The van der Waals surface area contributed by atoms with E-state index in [2.05, 4.69) is 17.1 Å². The van der Waals surface area contributed by atoms with Crippen LogP contribution in [0.15, 0.2) is 90.1 Å². The van der Waals surface area contributed by atoms with Gasteiger partial charge in [-0.15, -0.1) is 0 Å². The molecule has 2 N–H and O–H groups in total. The summed E-state index contributed by atoms with van der Waals surface area (Å²) in [4.78, 5) is 9.01. The van der Waals surface area contributed by atoms with Crippen LogP contribution in [0.25, 0.3) is 0 Å². The highest BCUT2D eigenvalue weighted by molar-refractivity contribution is 5.77. The molecule has 3 rings (SSSR count). The molecular weight excluding hydrogens is 282 g/mol. The first kappa shape index (κ1) is 15.1. The second-order valence-electron chi connectivity index (χ2n) is 5.32. The van der Waals surface area contributed by atoms with Crippen molar-refractivity contribution in [3.05, 3.63) is 102 Å². The zero-order valence-electron chi connectivity index (χ0n) is 12.8. The van der Waals surface area contributed by atoms with E-state index in [0.717, 1.165) is 16.8 Å². The lowest BCUT2D eigenvalue weighted by Crippen LogP contribution is -2.18. The van der Waals surface area contributed by atoms with Crippen LogP contribution in [0.4, 0.5) is 0 Å². The van der Waals surface area contributed by atoms with Crippen molar-refractivity contribution in [3.63, 3.8) is 0 Å². The fraction of sp³-hybridized carbons (Fsp3) is 0.100. The maximum atomic E-state index is 6.50. The van der Waals surface area contributed by atoms with E-state index >= 15 is 0 Å². The smallest absolute Gasteiger partial charge is 0.0942 e. The Kier molecular flexibility index (Phi) is 4.92. The van der Waals surface area contributed by atoms with Gasteiger partial charge in [0.05, 0.1) is 17.8 Å². The summed E-state index contributed by atoms with van der Waals surface area (Å²) in [7, 11) is 0. The fourth-order valence-corrected chi connectivity index (χ4v) is 2.50. The van der Waals surface area contributed by atoms with Crippen LogP contribution in [0.5, 0.6) is 0 Å². The van der Waals surface area contributed by atoms with Gasteiger partial charge in [0, 0.05) is 12.4 Å². The molecule has 0 aliphatic rings. The third-order valence-electron chi connectivity index (χ3n) is 3.72. The normalized spacial score (nSPS) is 13.8. The predicted molar refractivity (Wildman–Crippen MR) is 94.4 cm³/mol. The van der Waals surface area contributed by atoms with E-state index < -0.39 is 0 Å². The predicted octanol–water partition coefficient (Wildman–Crippen LogP) is 3.94. The van der Waals surface area contributed by atoms with Gasteiger partial charge in [-0.1, -0.05) is 66.7 Å². The molecular formula is C20H19N3. The van der Waals surface area contributed by atoms with Crippen molar-refractivity contribution in [1.29, 1.82) is 0 Å². The quantitative estimate of drug-likeness (QED) is 0.726. The standard InChI is InChI=1S/C20H19N3/c21-19(16-9-3-1-4-10-16)20(17-11-5-2-6-12-17)23-15-18-13-7-8-14-22-18/h1-15,19-20H,21H2. The number of aromatic nitrogens is 1. The third kappa shape index (κ3) is 3.90. The number of rotatable bonds is 5. The first-order valence-corrected chi connectivity index (χ1v) is 7.64. The molecule has 0 spiro atoms. The Morgan fingerprint density at radius 3 is 2.00 bits per heavy atom. The van der Waals surface area contributed by atoms with Gasteiger partial charge in [-0.25, -0.2) is 0 Å². The van der Waals surface area contributed by atoms with Crippen LogP contribution in [0.2, 0.25) is 0 Å². The molecule has 0 radical (unpaired) electrons. The Morgan fingerprint density at radius 2 is 1.39 bits per heavy atom. The summed E-state index contributed by atoms with van der Waals surface area (Å²) in [5, 5.41) is 0. The molecule has 2 aromatic carbocycles. The molecule has 0 saturated carbocycles. The lowest BCUT2D eigenvalue weighted by molar-refractivity contribution is 0.579. The van der Waals surface area contributed by atoms with Gasteiger partial charge in [0.15, 0.2) is 0 Å². The molecule has 0 amide bonds. The molecule has 1 aromatic heterocycles. The van der Waals surface area contributed by atoms with Crippen molar-refractivity contribution in [1.82, 2.24) is 4.98 Å². The molecule has 114 valence electrons. The number of hydrogen-bond acceptors (Lipinski definition) is 3. The van der Waals surface area contributed by atoms with Crippen LogP contribution < -0.4 is 5.73 Å². The van der Waals surface area contributed by atoms with E-state index in [4.69, 9.17) is 10.7 Å². The van der Waals surface area contributed by atoms with Crippen LogP contribution in [-0.4, -0.2) is 11.2 Å². The van der Waals surface area contributed by atoms with Crippen LogP contribution in [0.3, 0.4) is 0 Å². The minimum absolute atomic E-state index is 0.152. The molecule has 3 aromatic rings. The summed E-state index contributed by atoms with van der Waals surface area (Å²) >= 11 is 0. The minimum Gasteiger partial charge on any atom is -0.322 e. The molecule has 0 saturated heterocycles. The monoisotopic (exact) mass is 301 g/mol. The summed E-state index contributed by atoms with van der Waals surface area (Å²) in [5.74, 6) is 0. The molecule has 0 bridgehead atoms. The van der Waals surface area contributed by atoms with Crippen LogP contribution in [0, 0.1) is 0 Å². The van der Waals surface area contributed by atoms with Crippen LogP contribution in [0.1, 0.15) is 28.9 Å². The highest BCUT2D eigenvalue weighted by atomic mass is 14.9. The average Bonchev–Trinajstić information content (AvgIpc) is 2.64. The van der Waals surface area contributed by atoms with E-state index in [1.807, 2.05) is 66.7 Å². The number of nitrogens with zero attached hydrogens (tertiary/aromatic N) is 2. The Morgan fingerprint density at radius 1 is 0.783 bits per heavy atom. The topological polar surface area (TPSA) is 51.3 Å². The van der Waals surface area contributed by atoms with E-state index in [0.29, 0.717) is 0 Å². The lowest BCUT2D eigenvalue weighted by atomic mass is 9.94. The molecule has 3 heteroatoms. The van der Waals surface area contributed by atoms with Gasteiger partial charge in [-0.2, -0.15) is 0 Å². The van der Waals surface area contributed by atoms with Gasteiger partial charge < -0.3 is 5.73 Å². The van der Waals surface area contributed by atoms with Crippen molar-refractivity contribution >= 4 is 6.21 Å². The maximum absolute atomic E-state index is 6.50. The van der Waals surface area contributed by atoms with Crippen LogP contribution in [-0.2, 0) is 0 Å². The summed E-state index contributed by atoms with van der Waals surface area (Å²) in [6.45, 7) is 0. The molecule has 2 atom stereocenters. The Labute approximate surface area is 136 Å². The first-order valence-electron chi connectivity index (χ1n) is 7.64. The SMILES string of the molecule is NC(c1ccccc1)C(N=Cc1ccccn1)c1ccccc1. The van der Waals surface area contributed by atoms with Crippen molar-refractivity contribution in [3.8, 4) is 0 Å². The van der Waals surface area contributed by atoms with Gasteiger partial charge >= 0.3 is 0 Å². The first-order chi connectivity index (χ1) is 11.3. The molecule has 3 nitrogen and oxygen atoms in total. The average molecular weight is 301 g/mol. The Balaban J connectivity index is 1.93. The fourth-order valence-electron chi connectivity index (χ4n) is 2.50. The van der Waals surface area contributed by atoms with Gasteiger partial charge in [-0.05, 0) is 23.3 Å². The highest BCUT2D eigenvalue weighted by Crippen LogP contribution is 2.30. The number of pyridine rings is 1. The molecule has 0 fully saturated rings. The zero-order chi connectivity index (χ0) is 15.9. The summed E-state index contributed by atoms with van der Waals surface area (Å²) in [5.41, 5.74) is 9.49. The molecule has 23 heavy (non-hydrogen) atoms. The van der Waals surface area contributed by atoms with Crippen molar-refractivity contribution in [2.24, 2.45) is 10.7 Å². The molecule has 0 aliphatic carbocycles. The zero-order valence-corrected chi connectivity index (χ0v) is 12.8. The van der Waals surface area contributed by atoms with Gasteiger partial charge in [-0.3, -0.25) is 9.98 Å². The Bertz CT molecular complexity index is 740. The van der Waals surface area contributed by atoms with Crippen LogP contribution >= 0.6 is 0 Å². The van der Waals surface area contributed by atoms with E-state index in [1.165, 1.54) is 0 Å². The highest BCUT2D eigenvalue weighted by Gasteiger charge is 2.19.